The smallest absolute Gasteiger partial charge is 0.261 e. The minimum Gasteiger partial charge on any atom is -0.383 e. The van der Waals surface area contributed by atoms with Crippen LogP contribution in [-0.2, 0) is 16.0 Å². The van der Waals surface area contributed by atoms with Crippen molar-refractivity contribution >= 4 is 11.8 Å². The molecule has 7 nitrogen and oxygen atoms in total. The zero-order valence-electron chi connectivity index (χ0n) is 11.9. The first-order valence-corrected chi connectivity index (χ1v) is 6.95. The molecular formula is C15H19N2O5. The van der Waals surface area contributed by atoms with Gasteiger partial charge in [-0.2, -0.15) is 0 Å². The van der Waals surface area contributed by atoms with Crippen LogP contribution in [0.1, 0.15) is 12.0 Å². The van der Waals surface area contributed by atoms with Crippen molar-refractivity contribution in [2.75, 3.05) is 6.54 Å². The molecule has 1 aromatic carbocycles. The molecule has 1 aliphatic heterocycles. The Morgan fingerprint density at radius 3 is 2.55 bits per heavy atom. The largest absolute Gasteiger partial charge is 0.383 e. The predicted molar refractivity (Wildman–Crippen MR) is 76.6 cm³/mol. The summed E-state index contributed by atoms with van der Waals surface area (Å²) >= 11 is 0. The third-order valence-electron chi connectivity index (χ3n) is 3.79. The Balaban J connectivity index is 1.97. The SMILES string of the molecule is NC(=O)C1CCN(C(=O)C(O)[CH]Cc2ccccc2)C1(O)O. The van der Waals surface area contributed by atoms with E-state index in [1.807, 2.05) is 30.3 Å². The molecule has 0 bridgehead atoms. The van der Waals surface area contributed by atoms with Gasteiger partial charge in [-0.25, -0.2) is 0 Å². The van der Waals surface area contributed by atoms with E-state index in [9.17, 15) is 24.9 Å². The molecule has 1 aliphatic rings. The Bertz CT molecular complexity index is 546. The number of amides is 2. The van der Waals surface area contributed by atoms with Gasteiger partial charge in [0.2, 0.25) is 5.91 Å². The highest BCUT2D eigenvalue weighted by Gasteiger charge is 2.52. The van der Waals surface area contributed by atoms with Gasteiger partial charge in [-0.1, -0.05) is 30.3 Å². The fourth-order valence-corrected chi connectivity index (χ4v) is 2.53. The van der Waals surface area contributed by atoms with Gasteiger partial charge >= 0.3 is 0 Å². The van der Waals surface area contributed by atoms with Gasteiger partial charge in [-0.05, 0) is 18.4 Å². The molecule has 1 saturated heterocycles. The third-order valence-corrected chi connectivity index (χ3v) is 3.79. The first-order valence-electron chi connectivity index (χ1n) is 6.95. The third kappa shape index (κ3) is 3.27. The number of rotatable bonds is 5. The van der Waals surface area contributed by atoms with Crippen LogP contribution in [0, 0.1) is 12.3 Å². The summed E-state index contributed by atoms with van der Waals surface area (Å²) < 4.78 is 0. The number of aliphatic hydroxyl groups excluding tert-OH is 1. The van der Waals surface area contributed by atoms with E-state index in [1.165, 1.54) is 6.42 Å². The molecule has 5 N–H and O–H groups in total. The normalized spacial score (nSPS) is 21.6. The average Bonchev–Trinajstić information content (AvgIpc) is 2.80. The second-order valence-electron chi connectivity index (χ2n) is 5.29. The lowest BCUT2D eigenvalue weighted by Crippen LogP contribution is -2.56. The van der Waals surface area contributed by atoms with Crippen molar-refractivity contribution < 1.29 is 24.9 Å². The quantitative estimate of drug-likeness (QED) is 0.507. The molecule has 1 heterocycles. The maximum Gasteiger partial charge on any atom is 0.261 e. The molecule has 2 unspecified atom stereocenters. The van der Waals surface area contributed by atoms with Crippen LogP contribution in [-0.4, -0.2) is 50.6 Å². The van der Waals surface area contributed by atoms with Crippen molar-refractivity contribution in [2.24, 2.45) is 11.7 Å². The zero-order valence-corrected chi connectivity index (χ0v) is 11.9. The van der Waals surface area contributed by atoms with Gasteiger partial charge in [0.25, 0.3) is 11.8 Å². The Morgan fingerprint density at radius 2 is 2.00 bits per heavy atom. The molecular weight excluding hydrogens is 288 g/mol. The molecule has 1 radical (unpaired) electrons. The zero-order chi connectivity index (χ0) is 16.3. The molecule has 7 heteroatoms. The molecule has 2 atom stereocenters. The summed E-state index contributed by atoms with van der Waals surface area (Å²) in [6.07, 6.45) is 0.265. The van der Waals surface area contributed by atoms with Crippen molar-refractivity contribution in [1.29, 1.82) is 0 Å². The fraction of sp³-hybridized carbons (Fsp3) is 0.400. The number of hydrogen-bond donors (Lipinski definition) is 4. The number of nitrogens with zero attached hydrogens (tertiary/aromatic N) is 1. The summed E-state index contributed by atoms with van der Waals surface area (Å²) in [7, 11) is 0. The van der Waals surface area contributed by atoms with Crippen LogP contribution in [0.3, 0.4) is 0 Å². The maximum absolute atomic E-state index is 12.1. The molecule has 0 saturated carbocycles. The lowest BCUT2D eigenvalue weighted by atomic mass is 10.0. The summed E-state index contributed by atoms with van der Waals surface area (Å²) in [4.78, 5) is 24.0. The number of benzene rings is 1. The van der Waals surface area contributed by atoms with E-state index < -0.39 is 29.7 Å². The number of carbonyl (C=O) groups excluding carboxylic acids is 2. The minimum atomic E-state index is -2.66. The van der Waals surface area contributed by atoms with E-state index in [2.05, 4.69) is 0 Å². The summed E-state index contributed by atoms with van der Waals surface area (Å²) in [5.74, 6) is -5.70. The number of carbonyl (C=O) groups is 2. The molecule has 0 aliphatic carbocycles. The number of nitrogens with two attached hydrogens (primary N) is 1. The van der Waals surface area contributed by atoms with Gasteiger partial charge in [0.1, 0.15) is 12.0 Å². The van der Waals surface area contributed by atoms with Crippen molar-refractivity contribution in [3.8, 4) is 0 Å². The Labute approximate surface area is 128 Å². The first-order chi connectivity index (χ1) is 10.3. The van der Waals surface area contributed by atoms with E-state index in [0.29, 0.717) is 11.3 Å². The highest BCUT2D eigenvalue weighted by atomic mass is 16.5. The van der Waals surface area contributed by atoms with E-state index in [-0.39, 0.29) is 13.0 Å². The molecule has 1 fully saturated rings. The monoisotopic (exact) mass is 307 g/mol. The Kier molecular flexibility index (Phi) is 4.80. The highest BCUT2D eigenvalue weighted by molar-refractivity contribution is 5.85. The van der Waals surface area contributed by atoms with E-state index in [0.717, 1.165) is 5.56 Å². The second-order valence-corrected chi connectivity index (χ2v) is 5.29. The topological polar surface area (TPSA) is 124 Å². The highest BCUT2D eigenvalue weighted by Crippen LogP contribution is 2.31. The molecule has 22 heavy (non-hydrogen) atoms. The standard InChI is InChI=1S/C15H19N2O5/c16-13(19)11-8-9-17(15(11,21)22)14(20)12(18)7-6-10-4-2-1-3-5-10/h1-5,7,11-12,18,21-22H,6,8-9H2,(H2,16,19). The molecule has 1 aromatic rings. The van der Waals surface area contributed by atoms with Crippen LogP contribution in [0.4, 0.5) is 0 Å². The van der Waals surface area contributed by atoms with Crippen molar-refractivity contribution in [3.63, 3.8) is 0 Å². The number of hydrogen-bond acceptors (Lipinski definition) is 5. The number of aliphatic hydroxyl groups is 3. The molecule has 119 valence electrons. The number of likely N-dealkylation sites (tertiary alicyclic amines) is 1. The van der Waals surface area contributed by atoms with Crippen molar-refractivity contribution in [2.45, 2.75) is 24.9 Å². The van der Waals surface area contributed by atoms with Crippen LogP contribution in [0.15, 0.2) is 30.3 Å². The van der Waals surface area contributed by atoms with Crippen LogP contribution >= 0.6 is 0 Å². The Morgan fingerprint density at radius 1 is 1.36 bits per heavy atom. The van der Waals surface area contributed by atoms with Crippen LogP contribution in [0.2, 0.25) is 0 Å². The van der Waals surface area contributed by atoms with Crippen LogP contribution < -0.4 is 5.73 Å². The van der Waals surface area contributed by atoms with Crippen molar-refractivity contribution in [1.82, 2.24) is 4.90 Å². The summed E-state index contributed by atoms with van der Waals surface area (Å²) in [5, 5.41) is 29.8. The summed E-state index contributed by atoms with van der Waals surface area (Å²) in [6.45, 7) is -0.0598. The first kappa shape index (κ1) is 16.4. The Hall–Kier alpha value is -1.96. The maximum atomic E-state index is 12.1. The van der Waals surface area contributed by atoms with Gasteiger partial charge in [0.05, 0.1) is 0 Å². The average molecular weight is 307 g/mol. The van der Waals surface area contributed by atoms with Gasteiger partial charge in [-0.15, -0.1) is 0 Å². The molecule has 0 aromatic heterocycles. The van der Waals surface area contributed by atoms with E-state index >= 15 is 0 Å². The van der Waals surface area contributed by atoms with Gasteiger partial charge in [0, 0.05) is 13.0 Å². The molecule has 0 spiro atoms. The van der Waals surface area contributed by atoms with Gasteiger partial charge in [-0.3, -0.25) is 14.5 Å². The summed E-state index contributed by atoms with van der Waals surface area (Å²) in [6, 6.07) is 9.21. The van der Waals surface area contributed by atoms with E-state index in [1.54, 1.807) is 0 Å². The molecule has 2 amide bonds. The van der Waals surface area contributed by atoms with Gasteiger partial charge < -0.3 is 21.1 Å². The lowest BCUT2D eigenvalue weighted by molar-refractivity contribution is -0.260. The van der Waals surface area contributed by atoms with Gasteiger partial charge in [0.15, 0.2) is 0 Å². The summed E-state index contributed by atoms with van der Waals surface area (Å²) in [5.41, 5.74) is 5.99. The lowest BCUT2D eigenvalue weighted by Gasteiger charge is -2.32. The van der Waals surface area contributed by atoms with Crippen LogP contribution in [0.5, 0.6) is 0 Å². The predicted octanol–water partition coefficient (Wildman–Crippen LogP) is -1.23. The molecule has 2 rings (SSSR count). The second kappa shape index (κ2) is 6.43. The minimum absolute atomic E-state index is 0.0411. The van der Waals surface area contributed by atoms with E-state index in [4.69, 9.17) is 5.73 Å². The van der Waals surface area contributed by atoms with Crippen LogP contribution in [0.25, 0.3) is 0 Å². The number of primary amides is 1. The fourth-order valence-electron chi connectivity index (χ4n) is 2.53. The van der Waals surface area contributed by atoms with Crippen molar-refractivity contribution in [3.05, 3.63) is 42.3 Å².